The van der Waals surface area contributed by atoms with Gasteiger partial charge in [-0.3, -0.25) is 0 Å². The van der Waals surface area contributed by atoms with Gasteiger partial charge in [0, 0.05) is 29.4 Å². The summed E-state index contributed by atoms with van der Waals surface area (Å²) in [7, 11) is 0. The molecule has 106 valence electrons. The molecule has 3 nitrogen and oxygen atoms in total. The summed E-state index contributed by atoms with van der Waals surface area (Å²) in [6.45, 7) is 2.18. The molecule has 2 aromatic carbocycles. The fourth-order valence-corrected chi connectivity index (χ4v) is 3.27. The Morgan fingerprint density at radius 3 is 2.86 bits per heavy atom. The number of ether oxygens (including phenoxy) is 1. The topological polar surface area (TPSA) is 29.5 Å². The first-order valence-corrected chi connectivity index (χ1v) is 7.41. The average Bonchev–Trinajstić information content (AvgIpc) is 2.85. The maximum atomic E-state index is 11.7. The highest BCUT2D eigenvalue weighted by Gasteiger charge is 2.25. The Bertz CT molecular complexity index is 742. The van der Waals surface area contributed by atoms with Gasteiger partial charge in [0.15, 0.2) is 0 Å². The lowest BCUT2D eigenvalue weighted by Crippen LogP contribution is -2.30. The summed E-state index contributed by atoms with van der Waals surface area (Å²) in [6, 6.07) is 12.0. The number of nitrogens with zero attached hydrogens (tertiary/aromatic N) is 1. The van der Waals surface area contributed by atoms with Crippen molar-refractivity contribution in [2.24, 2.45) is 0 Å². The first-order chi connectivity index (χ1) is 10.2. The predicted octanol–water partition coefficient (Wildman–Crippen LogP) is 3.57. The molecule has 4 heteroatoms. The van der Waals surface area contributed by atoms with E-state index in [9.17, 15) is 4.79 Å². The van der Waals surface area contributed by atoms with Crippen LogP contribution in [0.25, 0.3) is 0 Å². The van der Waals surface area contributed by atoms with Crippen molar-refractivity contribution < 1.29 is 9.53 Å². The number of cyclic esters (lactones) is 1. The average molecular weight is 300 g/mol. The molecule has 0 N–H and O–H groups in total. The lowest BCUT2D eigenvalue weighted by molar-refractivity contribution is 0.0535. The minimum absolute atomic E-state index is 0.201. The molecule has 0 unspecified atom stereocenters. The van der Waals surface area contributed by atoms with Gasteiger partial charge in [0.05, 0.1) is 5.56 Å². The van der Waals surface area contributed by atoms with Crippen molar-refractivity contribution in [2.45, 2.75) is 19.6 Å². The van der Waals surface area contributed by atoms with E-state index in [4.69, 9.17) is 16.3 Å². The van der Waals surface area contributed by atoms with Gasteiger partial charge in [0.2, 0.25) is 0 Å². The molecular formula is C17H14ClNO2. The molecule has 0 aliphatic carbocycles. The number of rotatable bonds is 1. The van der Waals surface area contributed by atoms with Crippen LogP contribution in [0.4, 0.5) is 5.69 Å². The summed E-state index contributed by atoms with van der Waals surface area (Å²) < 4.78 is 5.10. The van der Waals surface area contributed by atoms with Crippen LogP contribution in [0, 0.1) is 0 Å². The first kappa shape index (κ1) is 12.7. The van der Waals surface area contributed by atoms with Crippen LogP contribution in [-0.4, -0.2) is 12.5 Å². The van der Waals surface area contributed by atoms with Gasteiger partial charge >= 0.3 is 5.97 Å². The van der Waals surface area contributed by atoms with E-state index in [-0.39, 0.29) is 5.97 Å². The van der Waals surface area contributed by atoms with E-state index < -0.39 is 0 Å². The molecule has 0 aromatic heterocycles. The van der Waals surface area contributed by atoms with Crippen molar-refractivity contribution in [2.75, 3.05) is 11.4 Å². The van der Waals surface area contributed by atoms with Gasteiger partial charge in [-0.15, -0.1) is 0 Å². The predicted molar refractivity (Wildman–Crippen MR) is 81.8 cm³/mol. The van der Waals surface area contributed by atoms with E-state index in [2.05, 4.69) is 17.0 Å². The van der Waals surface area contributed by atoms with Gasteiger partial charge in [-0.2, -0.15) is 0 Å². The molecule has 2 aliphatic heterocycles. The van der Waals surface area contributed by atoms with Crippen molar-refractivity contribution in [3.05, 3.63) is 63.7 Å². The lowest BCUT2D eigenvalue weighted by Gasteiger charge is -2.31. The van der Waals surface area contributed by atoms with Gasteiger partial charge in [0.1, 0.15) is 6.61 Å². The quantitative estimate of drug-likeness (QED) is 0.754. The number of anilines is 1. The zero-order valence-corrected chi connectivity index (χ0v) is 12.2. The highest BCUT2D eigenvalue weighted by Crippen LogP contribution is 2.30. The zero-order chi connectivity index (χ0) is 14.4. The number of carbonyl (C=O) groups is 1. The van der Waals surface area contributed by atoms with Crippen molar-refractivity contribution in [1.82, 2.24) is 0 Å². The summed E-state index contributed by atoms with van der Waals surface area (Å²) in [4.78, 5) is 14.0. The Kier molecular flexibility index (Phi) is 2.89. The van der Waals surface area contributed by atoms with Crippen LogP contribution in [0.2, 0.25) is 5.02 Å². The Hall–Kier alpha value is -2.00. The minimum atomic E-state index is -0.201. The highest BCUT2D eigenvalue weighted by molar-refractivity contribution is 6.30. The summed E-state index contributed by atoms with van der Waals surface area (Å²) in [6.07, 6.45) is 0.976. The number of fused-ring (bicyclic) bond motifs is 2. The Balaban J connectivity index is 1.69. The number of hydrogen-bond donors (Lipinski definition) is 0. The maximum Gasteiger partial charge on any atom is 0.338 e. The van der Waals surface area contributed by atoms with E-state index in [1.807, 2.05) is 24.3 Å². The third kappa shape index (κ3) is 2.18. The fourth-order valence-electron chi connectivity index (χ4n) is 3.08. The third-order valence-corrected chi connectivity index (χ3v) is 4.42. The SMILES string of the molecule is O=C1OCc2cc3c(cc21)CN(c1cccc(Cl)c1)CC3. The Morgan fingerprint density at radius 2 is 2.00 bits per heavy atom. The summed E-state index contributed by atoms with van der Waals surface area (Å²) in [5, 5.41) is 0.746. The normalized spacial score (nSPS) is 16.4. The standard InChI is InChI=1S/C17H14ClNO2/c18-14-2-1-3-15(8-14)19-5-4-11-6-13-10-21-17(20)16(13)7-12(11)9-19/h1-3,6-8H,4-5,9-10H2. The fraction of sp³-hybridized carbons (Fsp3) is 0.235. The summed E-state index contributed by atoms with van der Waals surface area (Å²) in [5.41, 5.74) is 5.40. The molecule has 2 heterocycles. The third-order valence-electron chi connectivity index (χ3n) is 4.19. The molecule has 0 spiro atoms. The van der Waals surface area contributed by atoms with Crippen LogP contribution in [0.15, 0.2) is 36.4 Å². The second-order valence-corrected chi connectivity index (χ2v) is 5.94. The van der Waals surface area contributed by atoms with Gasteiger partial charge in [-0.05, 0) is 41.8 Å². The van der Waals surface area contributed by atoms with E-state index in [1.165, 1.54) is 11.1 Å². The number of hydrogen-bond acceptors (Lipinski definition) is 3. The van der Waals surface area contributed by atoms with Crippen LogP contribution in [0.5, 0.6) is 0 Å². The zero-order valence-electron chi connectivity index (χ0n) is 11.4. The second-order valence-electron chi connectivity index (χ2n) is 5.51. The molecule has 0 saturated heterocycles. The van der Waals surface area contributed by atoms with Gasteiger partial charge in [-0.1, -0.05) is 23.7 Å². The molecule has 0 fully saturated rings. The molecular weight excluding hydrogens is 286 g/mol. The number of benzene rings is 2. The van der Waals surface area contributed by atoms with Crippen LogP contribution < -0.4 is 4.90 Å². The Labute approximate surface area is 128 Å². The second kappa shape index (κ2) is 4.78. The Morgan fingerprint density at radius 1 is 1.10 bits per heavy atom. The van der Waals surface area contributed by atoms with Crippen LogP contribution in [0.3, 0.4) is 0 Å². The summed E-state index contributed by atoms with van der Waals surface area (Å²) >= 11 is 6.07. The van der Waals surface area contributed by atoms with Crippen LogP contribution in [-0.2, 0) is 24.3 Å². The maximum absolute atomic E-state index is 11.7. The number of esters is 1. The molecule has 0 atom stereocenters. The monoisotopic (exact) mass is 299 g/mol. The highest BCUT2D eigenvalue weighted by atomic mass is 35.5. The van der Waals surface area contributed by atoms with Crippen molar-refractivity contribution in [3.8, 4) is 0 Å². The molecule has 0 bridgehead atoms. The molecule has 0 amide bonds. The van der Waals surface area contributed by atoms with Crippen molar-refractivity contribution in [1.29, 1.82) is 0 Å². The van der Waals surface area contributed by atoms with E-state index in [0.29, 0.717) is 6.61 Å². The lowest BCUT2D eigenvalue weighted by atomic mass is 9.94. The van der Waals surface area contributed by atoms with Crippen molar-refractivity contribution >= 4 is 23.3 Å². The summed E-state index contributed by atoms with van der Waals surface area (Å²) in [5.74, 6) is -0.201. The number of halogens is 1. The smallest absolute Gasteiger partial charge is 0.338 e. The molecule has 21 heavy (non-hydrogen) atoms. The van der Waals surface area contributed by atoms with Crippen LogP contribution in [0.1, 0.15) is 27.0 Å². The largest absolute Gasteiger partial charge is 0.457 e. The van der Waals surface area contributed by atoms with Crippen molar-refractivity contribution in [3.63, 3.8) is 0 Å². The molecule has 2 aromatic rings. The van der Waals surface area contributed by atoms with Gasteiger partial charge in [0.25, 0.3) is 0 Å². The van der Waals surface area contributed by atoms with Gasteiger partial charge < -0.3 is 9.64 Å². The molecule has 0 saturated carbocycles. The molecule has 4 rings (SSSR count). The number of carbonyl (C=O) groups excluding carboxylic acids is 1. The van der Waals surface area contributed by atoms with Crippen LogP contribution >= 0.6 is 11.6 Å². The van der Waals surface area contributed by atoms with E-state index in [0.717, 1.165) is 41.3 Å². The van der Waals surface area contributed by atoms with Gasteiger partial charge in [-0.25, -0.2) is 4.79 Å². The van der Waals surface area contributed by atoms with E-state index in [1.54, 1.807) is 0 Å². The molecule has 0 radical (unpaired) electrons. The molecule has 2 aliphatic rings. The first-order valence-electron chi connectivity index (χ1n) is 7.03. The minimum Gasteiger partial charge on any atom is -0.457 e. The van der Waals surface area contributed by atoms with E-state index >= 15 is 0 Å².